The summed E-state index contributed by atoms with van der Waals surface area (Å²) < 4.78 is 10.7. The summed E-state index contributed by atoms with van der Waals surface area (Å²) in [7, 11) is 2.89. The number of aliphatic hydroxyl groups excluding tert-OH is 1. The lowest BCUT2D eigenvalue weighted by atomic mass is 9.75. The summed E-state index contributed by atoms with van der Waals surface area (Å²) in [4.78, 5) is 26.5. The number of rotatable bonds is 3. The first kappa shape index (κ1) is 19.2. The Morgan fingerprint density at radius 2 is 1.96 bits per heavy atom. The second-order valence-corrected chi connectivity index (χ2v) is 7.83. The van der Waals surface area contributed by atoms with E-state index in [1.807, 2.05) is 0 Å². The lowest BCUT2D eigenvalue weighted by Gasteiger charge is -2.31. The predicted molar refractivity (Wildman–Crippen MR) is 101 cm³/mol. The fourth-order valence-electron chi connectivity index (χ4n) is 3.80. The summed E-state index contributed by atoms with van der Waals surface area (Å²) in [6.45, 7) is 5.92. The molecule has 144 valence electrons. The van der Waals surface area contributed by atoms with Crippen molar-refractivity contribution in [3.8, 4) is 0 Å². The topological polar surface area (TPSA) is 80.0 Å². The van der Waals surface area contributed by atoms with Crippen molar-refractivity contribution < 1.29 is 23.8 Å². The van der Waals surface area contributed by atoms with Gasteiger partial charge in [0.05, 0.1) is 24.5 Å². The number of benzene rings is 1. The first-order valence-corrected chi connectivity index (χ1v) is 8.92. The van der Waals surface area contributed by atoms with Crippen LogP contribution in [-0.4, -0.2) is 31.1 Å². The standard InChI is InChI=1S/C21H25NO5/c1-12-17-15(23)10-21(2,3)11-16(17)27-18(12)19(24)22(4)14-9-7-6-8-13(14)20(25)26-5/h6-9,15,23H,10-11H2,1-5H3. The van der Waals surface area contributed by atoms with Crippen molar-refractivity contribution in [2.24, 2.45) is 5.41 Å². The zero-order valence-corrected chi connectivity index (χ0v) is 16.3. The number of esters is 1. The monoisotopic (exact) mass is 371 g/mol. The number of nitrogens with zero attached hydrogens (tertiary/aromatic N) is 1. The molecule has 0 radical (unpaired) electrons. The van der Waals surface area contributed by atoms with Crippen molar-refractivity contribution in [3.05, 3.63) is 52.5 Å². The van der Waals surface area contributed by atoms with Gasteiger partial charge in [-0.2, -0.15) is 0 Å². The molecule has 1 heterocycles. The summed E-state index contributed by atoms with van der Waals surface area (Å²) in [6.07, 6.45) is 0.632. The molecule has 1 unspecified atom stereocenters. The molecule has 0 spiro atoms. The minimum atomic E-state index is -0.651. The fraction of sp³-hybridized carbons (Fsp3) is 0.429. The van der Waals surface area contributed by atoms with Crippen molar-refractivity contribution in [2.45, 2.75) is 39.7 Å². The smallest absolute Gasteiger partial charge is 0.339 e. The quantitative estimate of drug-likeness (QED) is 0.833. The maximum absolute atomic E-state index is 13.1. The zero-order valence-electron chi connectivity index (χ0n) is 16.3. The number of hydrogen-bond donors (Lipinski definition) is 1. The number of aliphatic hydroxyl groups is 1. The highest BCUT2D eigenvalue weighted by Crippen LogP contribution is 2.44. The van der Waals surface area contributed by atoms with E-state index in [4.69, 9.17) is 9.15 Å². The number of methoxy groups -OCH3 is 1. The Morgan fingerprint density at radius 1 is 1.30 bits per heavy atom. The first-order valence-electron chi connectivity index (χ1n) is 8.92. The molecule has 3 rings (SSSR count). The number of para-hydroxylation sites is 1. The van der Waals surface area contributed by atoms with Crippen LogP contribution in [0.15, 0.2) is 28.7 Å². The second kappa shape index (κ2) is 6.85. The van der Waals surface area contributed by atoms with Crippen molar-refractivity contribution in [3.63, 3.8) is 0 Å². The third-order valence-electron chi connectivity index (χ3n) is 5.16. The van der Waals surface area contributed by atoms with Crippen LogP contribution in [0.5, 0.6) is 0 Å². The number of furan rings is 1. The van der Waals surface area contributed by atoms with E-state index in [0.717, 1.165) is 0 Å². The number of fused-ring (bicyclic) bond motifs is 1. The number of hydrogen-bond acceptors (Lipinski definition) is 5. The molecular formula is C21H25NO5. The van der Waals surface area contributed by atoms with Crippen molar-refractivity contribution in [1.82, 2.24) is 0 Å². The van der Waals surface area contributed by atoms with Gasteiger partial charge in [-0.1, -0.05) is 26.0 Å². The molecule has 1 amide bonds. The van der Waals surface area contributed by atoms with Gasteiger partial charge in [0.15, 0.2) is 5.76 Å². The van der Waals surface area contributed by atoms with E-state index in [0.29, 0.717) is 41.0 Å². The van der Waals surface area contributed by atoms with E-state index >= 15 is 0 Å². The number of carbonyl (C=O) groups is 2. The Bertz CT molecular complexity index is 896. The van der Waals surface area contributed by atoms with Crippen LogP contribution in [0.4, 0.5) is 5.69 Å². The predicted octanol–water partition coefficient (Wildman–Crippen LogP) is 3.66. The van der Waals surface area contributed by atoms with Crippen LogP contribution in [0.2, 0.25) is 0 Å². The van der Waals surface area contributed by atoms with E-state index in [9.17, 15) is 14.7 Å². The Labute approximate surface area is 158 Å². The van der Waals surface area contributed by atoms with Gasteiger partial charge in [0.25, 0.3) is 5.91 Å². The van der Waals surface area contributed by atoms with Crippen LogP contribution < -0.4 is 4.90 Å². The van der Waals surface area contributed by atoms with Gasteiger partial charge in [-0.25, -0.2) is 4.79 Å². The SMILES string of the molecule is COC(=O)c1ccccc1N(C)C(=O)c1oc2c(c1C)C(O)CC(C)(C)C2. The molecule has 0 fully saturated rings. The molecule has 0 saturated heterocycles. The van der Waals surface area contributed by atoms with Gasteiger partial charge < -0.3 is 19.2 Å². The summed E-state index contributed by atoms with van der Waals surface area (Å²) >= 11 is 0. The molecule has 0 saturated carbocycles. The third-order valence-corrected chi connectivity index (χ3v) is 5.16. The van der Waals surface area contributed by atoms with Crippen LogP contribution in [0.25, 0.3) is 0 Å². The normalized spacial score (nSPS) is 17.9. The highest BCUT2D eigenvalue weighted by molar-refractivity contribution is 6.08. The average Bonchev–Trinajstić information content (AvgIpc) is 2.94. The molecule has 1 atom stereocenters. The van der Waals surface area contributed by atoms with Gasteiger partial charge in [0.2, 0.25) is 0 Å². The van der Waals surface area contributed by atoms with E-state index in [-0.39, 0.29) is 17.1 Å². The Kier molecular flexibility index (Phi) is 4.86. The van der Waals surface area contributed by atoms with Gasteiger partial charge in [0.1, 0.15) is 5.76 Å². The molecular weight excluding hydrogens is 346 g/mol. The molecule has 1 aromatic carbocycles. The minimum absolute atomic E-state index is 0.0968. The van der Waals surface area contributed by atoms with Gasteiger partial charge in [0, 0.05) is 24.6 Å². The van der Waals surface area contributed by atoms with Gasteiger partial charge in [-0.05, 0) is 30.9 Å². The lowest BCUT2D eigenvalue weighted by molar-refractivity contribution is 0.0601. The fourth-order valence-corrected chi connectivity index (χ4v) is 3.80. The first-order chi connectivity index (χ1) is 12.7. The number of anilines is 1. The van der Waals surface area contributed by atoms with E-state index in [2.05, 4.69) is 13.8 Å². The summed E-state index contributed by atoms with van der Waals surface area (Å²) in [6, 6.07) is 6.75. The molecule has 1 aliphatic carbocycles. The molecule has 0 aliphatic heterocycles. The number of carbonyl (C=O) groups excluding carboxylic acids is 2. The van der Waals surface area contributed by atoms with Crippen LogP contribution in [0.1, 0.15) is 64.2 Å². The summed E-state index contributed by atoms with van der Waals surface area (Å²) in [5.41, 5.74) is 2.00. The second-order valence-electron chi connectivity index (χ2n) is 7.83. The highest BCUT2D eigenvalue weighted by Gasteiger charge is 2.38. The van der Waals surface area contributed by atoms with Crippen LogP contribution in [0, 0.1) is 12.3 Å². The zero-order chi connectivity index (χ0) is 19.9. The number of amides is 1. The van der Waals surface area contributed by atoms with Crippen LogP contribution >= 0.6 is 0 Å². The maximum Gasteiger partial charge on any atom is 0.339 e. The Hall–Kier alpha value is -2.60. The minimum Gasteiger partial charge on any atom is -0.465 e. The molecule has 6 nitrogen and oxygen atoms in total. The lowest BCUT2D eigenvalue weighted by Crippen LogP contribution is -2.28. The van der Waals surface area contributed by atoms with Gasteiger partial charge in [-0.15, -0.1) is 0 Å². The molecule has 1 aromatic heterocycles. The summed E-state index contributed by atoms with van der Waals surface area (Å²) in [5.74, 6) is -0.0330. The van der Waals surface area contributed by atoms with Crippen molar-refractivity contribution >= 4 is 17.6 Å². The van der Waals surface area contributed by atoms with Gasteiger partial charge >= 0.3 is 5.97 Å². The third kappa shape index (κ3) is 3.37. The Balaban J connectivity index is 2.00. The summed E-state index contributed by atoms with van der Waals surface area (Å²) in [5, 5.41) is 10.5. The number of ether oxygens (including phenoxy) is 1. The van der Waals surface area contributed by atoms with Crippen molar-refractivity contribution in [2.75, 3.05) is 19.1 Å². The molecule has 1 N–H and O–H groups in total. The van der Waals surface area contributed by atoms with Crippen molar-refractivity contribution in [1.29, 1.82) is 0 Å². The molecule has 2 aromatic rings. The maximum atomic E-state index is 13.1. The molecule has 1 aliphatic rings. The molecule has 27 heavy (non-hydrogen) atoms. The van der Waals surface area contributed by atoms with E-state index < -0.39 is 12.1 Å². The largest absolute Gasteiger partial charge is 0.465 e. The molecule has 6 heteroatoms. The van der Waals surface area contributed by atoms with E-state index in [1.54, 1.807) is 38.2 Å². The Morgan fingerprint density at radius 3 is 2.63 bits per heavy atom. The van der Waals surface area contributed by atoms with Crippen LogP contribution in [0.3, 0.4) is 0 Å². The van der Waals surface area contributed by atoms with Gasteiger partial charge in [-0.3, -0.25) is 4.79 Å². The average molecular weight is 371 g/mol. The molecule has 0 bridgehead atoms. The highest BCUT2D eigenvalue weighted by atomic mass is 16.5. The van der Waals surface area contributed by atoms with Crippen LogP contribution in [-0.2, 0) is 11.2 Å². The van der Waals surface area contributed by atoms with E-state index in [1.165, 1.54) is 12.0 Å².